The normalized spacial score (nSPS) is 24.7. The molecule has 1 spiro atoms. The predicted molar refractivity (Wildman–Crippen MR) is 193 cm³/mol. The molecule has 13 heteroatoms. The second kappa shape index (κ2) is 17.3. The summed E-state index contributed by atoms with van der Waals surface area (Å²) < 4.78 is 5.28. The van der Waals surface area contributed by atoms with Crippen LogP contribution in [0, 0.1) is 11.8 Å². The molecule has 2 N–H and O–H groups in total. The zero-order chi connectivity index (χ0) is 36.7. The van der Waals surface area contributed by atoms with E-state index in [-0.39, 0.29) is 37.3 Å². The lowest BCUT2D eigenvalue weighted by molar-refractivity contribution is -0.148. The van der Waals surface area contributed by atoms with Crippen molar-refractivity contribution in [3.05, 3.63) is 34.9 Å². The van der Waals surface area contributed by atoms with Gasteiger partial charge >= 0.3 is 0 Å². The minimum Gasteiger partial charge on any atom is -0.387 e. The van der Waals surface area contributed by atoms with Crippen molar-refractivity contribution in [2.45, 2.75) is 128 Å². The number of amides is 4. The fourth-order valence-corrected chi connectivity index (χ4v) is 8.31. The minimum atomic E-state index is -1.06. The monoisotopic (exact) mass is 727 g/mol. The van der Waals surface area contributed by atoms with E-state index in [0.717, 1.165) is 44.1 Å². The van der Waals surface area contributed by atoms with Crippen LogP contribution in [0.4, 0.5) is 0 Å². The van der Waals surface area contributed by atoms with Gasteiger partial charge in [-0.2, -0.15) is 0 Å². The predicted octanol–water partition coefficient (Wildman–Crippen LogP) is 4.41. The standard InChI is InChI=1S/C38H54ClN5O7/c1-5-11-29(34(46)37(49)43-17-10-16-28(43)22-50-4)40-35(47)31-21-38(20-30(42-51-38)26-14-9-15-27(39)19-26)23-44(31)36(48)33(24(2)3)41-32(45)18-25-12-7-6-8-13-25/h9,14-15,19,24-25,28-29,31,33H,5-8,10-13,16-18,20-23H2,1-4H3,(H,40,47)(H,41,45)/t28-,29-,31-,33-,38+/m0/s1. The number of ketones is 1. The molecule has 1 saturated carbocycles. The highest BCUT2D eigenvalue weighted by molar-refractivity contribution is 6.38. The summed E-state index contributed by atoms with van der Waals surface area (Å²) >= 11 is 6.26. The Bertz CT molecular complexity index is 1480. The van der Waals surface area contributed by atoms with Gasteiger partial charge in [0.2, 0.25) is 23.5 Å². The summed E-state index contributed by atoms with van der Waals surface area (Å²) in [6.07, 6.45) is 8.52. The maximum Gasteiger partial charge on any atom is 0.292 e. The molecule has 4 amide bonds. The average molecular weight is 728 g/mol. The topological polar surface area (TPSA) is 147 Å². The van der Waals surface area contributed by atoms with Gasteiger partial charge in [0.1, 0.15) is 12.1 Å². The number of methoxy groups -OCH3 is 1. The van der Waals surface area contributed by atoms with Crippen molar-refractivity contribution in [3.8, 4) is 0 Å². The van der Waals surface area contributed by atoms with Crippen molar-refractivity contribution in [2.75, 3.05) is 26.8 Å². The highest BCUT2D eigenvalue weighted by Crippen LogP contribution is 2.40. The van der Waals surface area contributed by atoms with Crippen LogP contribution < -0.4 is 10.6 Å². The second-order valence-electron chi connectivity index (χ2n) is 15.1. The van der Waals surface area contributed by atoms with E-state index in [1.54, 1.807) is 24.1 Å². The molecule has 5 atom stereocenters. The first-order chi connectivity index (χ1) is 24.4. The molecule has 0 bridgehead atoms. The molecule has 0 radical (unpaired) electrons. The largest absolute Gasteiger partial charge is 0.387 e. The number of Topliss-reactive ketones (excluding diaryl/α,β-unsaturated/α-hetero) is 1. The molecule has 0 unspecified atom stereocenters. The number of likely N-dealkylation sites (tertiary alicyclic amines) is 2. The Morgan fingerprint density at radius 1 is 1.06 bits per heavy atom. The van der Waals surface area contributed by atoms with Crippen LogP contribution in [0.5, 0.6) is 0 Å². The third kappa shape index (κ3) is 9.30. The summed E-state index contributed by atoms with van der Waals surface area (Å²) in [5, 5.41) is 10.8. The van der Waals surface area contributed by atoms with E-state index in [9.17, 15) is 24.0 Å². The number of benzene rings is 1. The number of nitrogens with zero attached hydrogens (tertiary/aromatic N) is 3. The first kappa shape index (κ1) is 38.7. The van der Waals surface area contributed by atoms with Gasteiger partial charge in [-0.1, -0.05) is 75.3 Å². The highest BCUT2D eigenvalue weighted by atomic mass is 35.5. The van der Waals surface area contributed by atoms with Gasteiger partial charge < -0.3 is 30.0 Å². The molecule has 1 aliphatic carbocycles. The van der Waals surface area contributed by atoms with E-state index in [1.807, 2.05) is 32.9 Å². The van der Waals surface area contributed by atoms with E-state index < -0.39 is 47.2 Å². The van der Waals surface area contributed by atoms with Gasteiger partial charge in [0.05, 0.1) is 30.9 Å². The maximum absolute atomic E-state index is 14.5. The SMILES string of the molecule is CCC[C@H](NC(=O)[C@@H]1C[C@]2(CC(c3cccc(Cl)c3)=NO2)CN1C(=O)[C@@H](NC(=O)CC1CCCCC1)C(C)C)C(=O)C(=O)N1CCC[C@H]1COC. The minimum absolute atomic E-state index is 0.0526. The zero-order valence-corrected chi connectivity index (χ0v) is 31.2. The molecule has 2 saturated heterocycles. The zero-order valence-electron chi connectivity index (χ0n) is 30.5. The molecule has 3 heterocycles. The van der Waals surface area contributed by atoms with Crippen LogP contribution in [0.25, 0.3) is 0 Å². The number of ether oxygens (including phenoxy) is 1. The summed E-state index contributed by atoms with van der Waals surface area (Å²) in [5.41, 5.74) is 0.417. The van der Waals surface area contributed by atoms with Crippen LogP contribution in [0.2, 0.25) is 5.02 Å². The van der Waals surface area contributed by atoms with Gasteiger partial charge in [-0.05, 0) is 56.1 Å². The first-order valence-electron chi connectivity index (χ1n) is 18.7. The quantitative estimate of drug-likeness (QED) is 0.270. The van der Waals surface area contributed by atoms with Gasteiger partial charge in [0.25, 0.3) is 5.91 Å². The number of hydrogen-bond acceptors (Lipinski definition) is 8. The summed E-state index contributed by atoms with van der Waals surface area (Å²) in [6, 6.07) is 4.09. The Kier molecular flexibility index (Phi) is 13.2. The van der Waals surface area contributed by atoms with Gasteiger partial charge in [-0.3, -0.25) is 24.0 Å². The molecule has 0 aromatic heterocycles. The Labute approximate surface area is 306 Å². The molecule has 3 aliphatic heterocycles. The van der Waals surface area contributed by atoms with Crippen LogP contribution in [0.3, 0.4) is 0 Å². The van der Waals surface area contributed by atoms with Crippen LogP contribution in [-0.2, 0) is 33.5 Å². The number of carbonyl (C=O) groups excluding carboxylic acids is 5. The van der Waals surface area contributed by atoms with Crippen molar-refractivity contribution >= 4 is 46.7 Å². The Balaban J connectivity index is 1.37. The molecular weight excluding hydrogens is 674 g/mol. The molecule has 1 aromatic carbocycles. The summed E-state index contributed by atoms with van der Waals surface area (Å²) in [5.74, 6) is -2.40. The van der Waals surface area contributed by atoms with Crippen molar-refractivity contribution in [1.82, 2.24) is 20.4 Å². The average Bonchev–Trinajstić information content (AvgIpc) is 3.85. The number of hydrogen-bond donors (Lipinski definition) is 2. The van der Waals surface area contributed by atoms with Crippen molar-refractivity contribution < 1.29 is 33.5 Å². The molecule has 4 aliphatic rings. The van der Waals surface area contributed by atoms with Crippen molar-refractivity contribution in [2.24, 2.45) is 17.0 Å². The third-order valence-electron chi connectivity index (χ3n) is 10.8. The second-order valence-corrected chi connectivity index (χ2v) is 15.6. The smallest absolute Gasteiger partial charge is 0.292 e. The van der Waals surface area contributed by atoms with Gasteiger partial charge in [-0.15, -0.1) is 0 Å². The van der Waals surface area contributed by atoms with Crippen molar-refractivity contribution in [1.29, 1.82) is 0 Å². The fourth-order valence-electron chi connectivity index (χ4n) is 8.11. The third-order valence-corrected chi connectivity index (χ3v) is 11.1. The van der Waals surface area contributed by atoms with Crippen LogP contribution in [-0.4, -0.2) is 101 Å². The number of halogens is 1. The van der Waals surface area contributed by atoms with E-state index in [2.05, 4.69) is 15.8 Å². The number of carbonyl (C=O) groups is 5. The van der Waals surface area contributed by atoms with E-state index >= 15 is 0 Å². The van der Waals surface area contributed by atoms with E-state index in [4.69, 9.17) is 21.2 Å². The lowest BCUT2D eigenvalue weighted by Gasteiger charge is -2.32. The van der Waals surface area contributed by atoms with Gasteiger partial charge in [0, 0.05) is 43.5 Å². The highest BCUT2D eigenvalue weighted by Gasteiger charge is 2.55. The first-order valence-corrected chi connectivity index (χ1v) is 19.1. The molecule has 12 nitrogen and oxygen atoms in total. The van der Waals surface area contributed by atoms with E-state index in [1.165, 1.54) is 11.3 Å². The molecular formula is C38H54ClN5O7. The van der Waals surface area contributed by atoms with Crippen LogP contribution in [0.15, 0.2) is 29.4 Å². The van der Waals surface area contributed by atoms with Crippen LogP contribution in [0.1, 0.15) is 103 Å². The molecule has 51 heavy (non-hydrogen) atoms. The molecule has 3 fully saturated rings. The summed E-state index contributed by atoms with van der Waals surface area (Å²) in [7, 11) is 1.56. The Morgan fingerprint density at radius 3 is 2.51 bits per heavy atom. The number of rotatable bonds is 14. The van der Waals surface area contributed by atoms with Crippen LogP contribution >= 0.6 is 11.6 Å². The number of oxime groups is 1. The lowest BCUT2D eigenvalue weighted by atomic mass is 9.86. The van der Waals surface area contributed by atoms with Gasteiger partial charge in [-0.25, -0.2) is 0 Å². The maximum atomic E-state index is 14.5. The molecule has 1 aromatic rings. The number of nitrogens with one attached hydrogen (secondary N) is 2. The van der Waals surface area contributed by atoms with E-state index in [0.29, 0.717) is 49.1 Å². The van der Waals surface area contributed by atoms with Crippen molar-refractivity contribution in [3.63, 3.8) is 0 Å². The summed E-state index contributed by atoms with van der Waals surface area (Å²) in [4.78, 5) is 78.2. The molecule has 280 valence electrons. The fraction of sp³-hybridized carbons (Fsp3) is 0.684. The van der Waals surface area contributed by atoms with Gasteiger partial charge in [0.15, 0.2) is 5.60 Å². The summed E-state index contributed by atoms with van der Waals surface area (Å²) in [6.45, 7) is 6.45. The Hall–Kier alpha value is -3.51. The Morgan fingerprint density at radius 2 is 1.82 bits per heavy atom. The lowest BCUT2D eigenvalue weighted by Crippen LogP contribution is -2.57. The molecule has 5 rings (SSSR count).